The molecule has 2 aliphatic rings. The molecule has 0 spiro atoms. The first kappa shape index (κ1) is 17.5. The smallest absolute Gasteiger partial charge is 0.335 e. The summed E-state index contributed by atoms with van der Waals surface area (Å²) >= 11 is 0. The number of rotatable bonds is 7. The van der Waals surface area contributed by atoms with Crippen LogP contribution in [0.15, 0.2) is 55.6 Å². The van der Waals surface area contributed by atoms with E-state index in [1.54, 1.807) is 0 Å². The van der Waals surface area contributed by atoms with Crippen LogP contribution in [0.5, 0.6) is 23.0 Å². The Labute approximate surface area is 151 Å². The number of esters is 2. The van der Waals surface area contributed by atoms with E-state index in [1.165, 1.54) is 0 Å². The summed E-state index contributed by atoms with van der Waals surface area (Å²) in [6.45, 7) is 8.86. The SMILES string of the molecule is C=CC(=O)Oc1c(CCC)ccc(-c2ccc3cc2O3)c1OC(=O)C=C. The van der Waals surface area contributed by atoms with E-state index in [2.05, 4.69) is 13.2 Å². The van der Waals surface area contributed by atoms with Gasteiger partial charge in [-0.15, -0.1) is 0 Å². The van der Waals surface area contributed by atoms with Crippen molar-refractivity contribution in [3.63, 3.8) is 0 Å². The van der Waals surface area contributed by atoms with Crippen LogP contribution >= 0.6 is 0 Å². The molecule has 0 amide bonds. The van der Waals surface area contributed by atoms with E-state index < -0.39 is 11.9 Å². The van der Waals surface area contributed by atoms with Gasteiger partial charge in [0.25, 0.3) is 0 Å². The number of ether oxygens (including phenoxy) is 3. The summed E-state index contributed by atoms with van der Waals surface area (Å²) in [5.41, 5.74) is 2.09. The Balaban J connectivity index is 2.20. The molecule has 26 heavy (non-hydrogen) atoms. The third-order valence-corrected chi connectivity index (χ3v) is 3.92. The number of benzene rings is 2. The van der Waals surface area contributed by atoms with E-state index in [0.29, 0.717) is 17.7 Å². The molecule has 0 N–H and O–H groups in total. The Morgan fingerprint density at radius 1 is 1.00 bits per heavy atom. The Hall–Kier alpha value is -3.34. The van der Waals surface area contributed by atoms with Crippen LogP contribution in [0.3, 0.4) is 0 Å². The summed E-state index contributed by atoms with van der Waals surface area (Å²) in [7, 11) is 0. The first-order valence-electron chi connectivity index (χ1n) is 8.24. The zero-order valence-electron chi connectivity index (χ0n) is 14.4. The molecule has 0 radical (unpaired) electrons. The number of hydrogen-bond donors (Lipinski definition) is 0. The molecular formula is C21H18O5. The zero-order chi connectivity index (χ0) is 18.7. The third kappa shape index (κ3) is 3.24. The van der Waals surface area contributed by atoms with Crippen molar-refractivity contribution < 1.29 is 23.8 Å². The molecule has 0 saturated carbocycles. The van der Waals surface area contributed by atoms with Crippen LogP contribution in [0.25, 0.3) is 11.1 Å². The van der Waals surface area contributed by atoms with Crippen molar-refractivity contribution in [1.82, 2.24) is 0 Å². The standard InChI is InChI=1S/C21H18O5/c1-4-7-13-8-10-16(15-11-9-14-12-17(15)24-14)21(26-19(23)6-3)20(13)25-18(22)5-2/h5-6,8-12H,2-4,7H2,1H3. The van der Waals surface area contributed by atoms with Crippen molar-refractivity contribution >= 4 is 11.9 Å². The van der Waals surface area contributed by atoms with Gasteiger partial charge in [-0.1, -0.05) is 32.6 Å². The van der Waals surface area contributed by atoms with Crippen molar-refractivity contribution in [2.24, 2.45) is 0 Å². The Kier molecular flexibility index (Phi) is 4.89. The minimum absolute atomic E-state index is 0.163. The highest BCUT2D eigenvalue weighted by Gasteiger charge is 2.25. The van der Waals surface area contributed by atoms with E-state index in [1.807, 2.05) is 37.3 Å². The minimum atomic E-state index is -0.646. The molecule has 0 saturated heterocycles. The average Bonchev–Trinajstić information content (AvgIpc) is 2.63. The molecule has 5 nitrogen and oxygen atoms in total. The summed E-state index contributed by atoms with van der Waals surface area (Å²) in [5, 5.41) is 0. The van der Waals surface area contributed by atoms with E-state index in [9.17, 15) is 9.59 Å². The van der Waals surface area contributed by atoms with Gasteiger partial charge in [0.05, 0.1) is 0 Å². The van der Waals surface area contributed by atoms with Gasteiger partial charge >= 0.3 is 11.9 Å². The van der Waals surface area contributed by atoms with Crippen LogP contribution in [0.2, 0.25) is 0 Å². The molecule has 2 aliphatic heterocycles. The largest absolute Gasteiger partial charge is 0.456 e. The third-order valence-electron chi connectivity index (χ3n) is 3.92. The van der Waals surface area contributed by atoms with Crippen LogP contribution in [0.1, 0.15) is 18.9 Å². The molecule has 2 heterocycles. The zero-order valence-corrected chi connectivity index (χ0v) is 14.4. The summed E-state index contributed by atoms with van der Waals surface area (Å²) < 4.78 is 16.4. The number of carbonyl (C=O) groups excluding carboxylic acids is 2. The predicted molar refractivity (Wildman–Crippen MR) is 97.6 cm³/mol. The molecule has 0 aromatic heterocycles. The second kappa shape index (κ2) is 7.27. The van der Waals surface area contributed by atoms with Gasteiger partial charge in [0.15, 0.2) is 11.5 Å². The molecule has 0 fully saturated rings. The highest BCUT2D eigenvalue weighted by Crippen LogP contribution is 2.49. The maximum Gasteiger partial charge on any atom is 0.335 e. The normalized spacial score (nSPS) is 11.0. The maximum atomic E-state index is 11.9. The molecule has 0 aliphatic carbocycles. The van der Waals surface area contributed by atoms with Gasteiger partial charge in [-0.25, -0.2) is 9.59 Å². The quantitative estimate of drug-likeness (QED) is 0.354. The van der Waals surface area contributed by atoms with Crippen molar-refractivity contribution in [1.29, 1.82) is 0 Å². The van der Waals surface area contributed by atoms with Crippen molar-refractivity contribution in [2.45, 2.75) is 19.8 Å². The van der Waals surface area contributed by atoms with E-state index in [4.69, 9.17) is 14.2 Å². The second-order valence-electron chi connectivity index (χ2n) is 5.69. The number of fused-ring (bicyclic) bond motifs is 2. The molecule has 4 rings (SSSR count). The second-order valence-corrected chi connectivity index (χ2v) is 5.69. The van der Waals surface area contributed by atoms with Crippen LogP contribution < -0.4 is 14.2 Å². The van der Waals surface area contributed by atoms with Crippen molar-refractivity contribution in [3.8, 4) is 34.1 Å². The monoisotopic (exact) mass is 350 g/mol. The van der Waals surface area contributed by atoms with Gasteiger partial charge in [0.2, 0.25) is 0 Å². The van der Waals surface area contributed by atoms with Crippen LogP contribution in [-0.2, 0) is 16.0 Å². The fourth-order valence-corrected chi connectivity index (χ4v) is 2.72. The van der Waals surface area contributed by atoms with Crippen LogP contribution in [0.4, 0.5) is 0 Å². The van der Waals surface area contributed by atoms with E-state index >= 15 is 0 Å². The predicted octanol–water partition coefficient (Wildman–Crippen LogP) is 4.59. The van der Waals surface area contributed by atoms with Gasteiger partial charge in [0.1, 0.15) is 11.5 Å². The Morgan fingerprint density at radius 3 is 2.15 bits per heavy atom. The van der Waals surface area contributed by atoms with Gasteiger partial charge in [-0.3, -0.25) is 0 Å². The molecule has 0 unspecified atom stereocenters. The van der Waals surface area contributed by atoms with Crippen LogP contribution in [-0.4, -0.2) is 11.9 Å². The number of hydrogen-bond acceptors (Lipinski definition) is 5. The summed E-state index contributed by atoms with van der Waals surface area (Å²) in [6.07, 6.45) is 3.60. The van der Waals surface area contributed by atoms with Crippen LogP contribution in [0, 0.1) is 0 Å². The van der Waals surface area contributed by atoms with E-state index in [-0.39, 0.29) is 11.5 Å². The molecule has 5 heteroatoms. The molecule has 0 atom stereocenters. The summed E-state index contributed by atoms with van der Waals surface area (Å²) in [5.74, 6) is 0.536. The lowest BCUT2D eigenvalue weighted by Crippen LogP contribution is -2.11. The Morgan fingerprint density at radius 2 is 1.62 bits per heavy atom. The first-order valence-corrected chi connectivity index (χ1v) is 8.24. The lowest BCUT2D eigenvalue weighted by molar-refractivity contribution is -0.131. The van der Waals surface area contributed by atoms with E-state index in [0.717, 1.165) is 35.4 Å². The topological polar surface area (TPSA) is 61.8 Å². The average molecular weight is 350 g/mol. The van der Waals surface area contributed by atoms with Crippen molar-refractivity contribution in [3.05, 3.63) is 61.2 Å². The fraction of sp³-hybridized carbons (Fsp3) is 0.143. The molecule has 132 valence electrons. The summed E-state index contributed by atoms with van der Waals surface area (Å²) in [4.78, 5) is 23.8. The molecule has 2 aromatic rings. The highest BCUT2D eigenvalue weighted by atomic mass is 16.6. The number of aryl methyl sites for hydroxylation is 1. The lowest BCUT2D eigenvalue weighted by Gasteiger charge is -2.23. The van der Waals surface area contributed by atoms with Crippen molar-refractivity contribution in [2.75, 3.05) is 0 Å². The molecule has 2 bridgehead atoms. The highest BCUT2D eigenvalue weighted by molar-refractivity contribution is 5.91. The number of carbonyl (C=O) groups is 2. The van der Waals surface area contributed by atoms with Gasteiger partial charge < -0.3 is 14.2 Å². The lowest BCUT2D eigenvalue weighted by atomic mass is 9.97. The molecule has 2 aromatic carbocycles. The van der Waals surface area contributed by atoms with Gasteiger partial charge in [-0.05, 0) is 30.2 Å². The van der Waals surface area contributed by atoms with Gasteiger partial charge in [0, 0.05) is 29.3 Å². The Bertz CT molecular complexity index is 907. The maximum absolute atomic E-state index is 11.9. The fourth-order valence-electron chi connectivity index (χ4n) is 2.72. The summed E-state index contributed by atoms with van der Waals surface area (Å²) in [6, 6.07) is 9.25. The molecular weight excluding hydrogens is 332 g/mol. The van der Waals surface area contributed by atoms with Gasteiger partial charge in [-0.2, -0.15) is 0 Å². The minimum Gasteiger partial charge on any atom is -0.456 e. The first-order chi connectivity index (χ1) is 12.6.